The molecule has 1 amide bonds. The maximum absolute atomic E-state index is 12.7. The zero-order chi connectivity index (χ0) is 22.1. The number of ether oxygens (including phenoxy) is 2. The topological polar surface area (TPSA) is 73.6 Å². The Morgan fingerprint density at radius 2 is 1.69 bits per heavy atom. The lowest BCUT2D eigenvalue weighted by atomic mass is 10.0. The lowest BCUT2D eigenvalue weighted by Gasteiger charge is -2.10. The number of methoxy groups -OCH3 is 2. The first-order valence-corrected chi connectivity index (χ1v) is 10.1. The largest absolute Gasteiger partial charge is 0.493 e. The molecule has 0 aliphatic heterocycles. The van der Waals surface area contributed by atoms with Gasteiger partial charge in [-0.3, -0.25) is 4.79 Å². The summed E-state index contributed by atoms with van der Waals surface area (Å²) in [5.74, 6) is 1.34. The molecule has 0 saturated heterocycles. The Balaban J connectivity index is 1.45. The molecule has 0 bridgehead atoms. The molecule has 1 heterocycles. The molecule has 5 rings (SSSR count). The van der Waals surface area contributed by atoms with E-state index in [1.54, 1.807) is 43.5 Å². The first-order chi connectivity index (χ1) is 15.7. The van der Waals surface area contributed by atoms with Crippen LogP contribution in [0.3, 0.4) is 0 Å². The summed E-state index contributed by atoms with van der Waals surface area (Å²) in [6.07, 6.45) is 0. The number of hydrogen-bond donors (Lipinski definition) is 1. The number of hydrogen-bond acceptors (Lipinski definition) is 5. The highest BCUT2D eigenvalue weighted by molar-refractivity contribution is 6.05. The molecule has 5 aromatic rings. The molecule has 0 aliphatic carbocycles. The normalized spacial score (nSPS) is 10.9. The van der Waals surface area contributed by atoms with Crippen molar-refractivity contribution in [2.45, 2.75) is 0 Å². The van der Waals surface area contributed by atoms with Crippen LogP contribution < -0.4 is 14.8 Å². The van der Waals surface area contributed by atoms with Crippen molar-refractivity contribution < 1.29 is 18.7 Å². The molecule has 0 atom stereocenters. The average molecular weight is 424 g/mol. The molecule has 0 saturated carbocycles. The van der Waals surface area contributed by atoms with Gasteiger partial charge in [-0.25, -0.2) is 4.98 Å². The number of fused-ring (bicyclic) bond motifs is 2. The summed E-state index contributed by atoms with van der Waals surface area (Å²) in [5.41, 5.74) is 3.32. The van der Waals surface area contributed by atoms with Gasteiger partial charge in [-0.2, -0.15) is 0 Å². The number of oxazole rings is 1. The minimum Gasteiger partial charge on any atom is -0.493 e. The van der Waals surface area contributed by atoms with Crippen LogP contribution in [0, 0.1) is 0 Å². The van der Waals surface area contributed by atoms with Crippen LogP contribution in [0.5, 0.6) is 11.5 Å². The molecule has 32 heavy (non-hydrogen) atoms. The Morgan fingerprint density at radius 3 is 2.53 bits per heavy atom. The van der Waals surface area contributed by atoms with Crippen molar-refractivity contribution in [2.24, 2.45) is 0 Å². The summed E-state index contributed by atoms with van der Waals surface area (Å²) < 4.78 is 16.5. The first-order valence-electron chi connectivity index (χ1n) is 10.1. The third-order valence-corrected chi connectivity index (χ3v) is 5.31. The summed E-state index contributed by atoms with van der Waals surface area (Å²) in [4.78, 5) is 17.4. The number of anilines is 1. The van der Waals surface area contributed by atoms with E-state index in [0.29, 0.717) is 39.7 Å². The van der Waals surface area contributed by atoms with Crippen molar-refractivity contribution in [3.05, 3.63) is 84.4 Å². The van der Waals surface area contributed by atoms with E-state index < -0.39 is 0 Å². The summed E-state index contributed by atoms with van der Waals surface area (Å²) >= 11 is 0. The number of nitrogens with one attached hydrogen (secondary N) is 1. The van der Waals surface area contributed by atoms with Crippen molar-refractivity contribution in [2.75, 3.05) is 19.5 Å². The van der Waals surface area contributed by atoms with Gasteiger partial charge in [0.15, 0.2) is 17.1 Å². The molecule has 0 spiro atoms. The predicted molar refractivity (Wildman–Crippen MR) is 124 cm³/mol. The molecule has 1 N–H and O–H groups in total. The molecule has 0 unspecified atom stereocenters. The number of amides is 1. The van der Waals surface area contributed by atoms with Gasteiger partial charge in [-0.15, -0.1) is 0 Å². The van der Waals surface area contributed by atoms with E-state index in [1.165, 1.54) is 7.11 Å². The number of carbonyl (C=O) groups is 1. The van der Waals surface area contributed by atoms with Crippen LogP contribution in [-0.4, -0.2) is 25.1 Å². The number of aromatic nitrogens is 1. The van der Waals surface area contributed by atoms with Gasteiger partial charge in [0.05, 0.1) is 14.2 Å². The summed E-state index contributed by atoms with van der Waals surface area (Å²) in [5, 5.41) is 5.09. The quantitative estimate of drug-likeness (QED) is 0.379. The van der Waals surface area contributed by atoms with Gasteiger partial charge in [0.2, 0.25) is 5.89 Å². The fraction of sp³-hybridized carbons (Fsp3) is 0.0769. The van der Waals surface area contributed by atoms with E-state index in [-0.39, 0.29) is 5.91 Å². The highest BCUT2D eigenvalue weighted by Gasteiger charge is 2.14. The van der Waals surface area contributed by atoms with Crippen molar-refractivity contribution in [1.82, 2.24) is 4.98 Å². The number of benzene rings is 4. The Bertz CT molecular complexity index is 1450. The Labute approximate surface area is 184 Å². The van der Waals surface area contributed by atoms with Gasteiger partial charge in [0.1, 0.15) is 5.52 Å². The Morgan fingerprint density at radius 1 is 0.875 bits per heavy atom. The Kier molecular flexibility index (Phi) is 4.95. The second-order valence-electron chi connectivity index (χ2n) is 7.25. The molecule has 1 aromatic heterocycles. The zero-order valence-electron chi connectivity index (χ0n) is 17.6. The van der Waals surface area contributed by atoms with Crippen molar-refractivity contribution in [3.63, 3.8) is 0 Å². The minimum absolute atomic E-state index is 0.261. The third kappa shape index (κ3) is 3.52. The standard InChI is InChI=1S/C26H20N2O4/c1-30-23-12-10-17(14-24(23)31-2)25(29)27-18-11-13-22-21(15-18)28-26(32-22)20-9-5-7-16-6-3-4-8-19(16)20/h3-15H,1-2H3,(H,27,29). The van der Waals surface area contributed by atoms with Crippen LogP contribution in [0.2, 0.25) is 0 Å². The van der Waals surface area contributed by atoms with E-state index in [0.717, 1.165) is 16.3 Å². The highest BCUT2D eigenvalue weighted by Crippen LogP contribution is 2.32. The van der Waals surface area contributed by atoms with E-state index in [2.05, 4.69) is 22.4 Å². The summed E-state index contributed by atoms with van der Waals surface area (Å²) in [6.45, 7) is 0. The number of carbonyl (C=O) groups excluding carboxylic acids is 1. The van der Waals surface area contributed by atoms with Crippen LogP contribution >= 0.6 is 0 Å². The van der Waals surface area contributed by atoms with Gasteiger partial charge in [0.25, 0.3) is 5.91 Å². The monoisotopic (exact) mass is 424 g/mol. The maximum Gasteiger partial charge on any atom is 0.255 e. The Hall–Kier alpha value is -4.32. The SMILES string of the molecule is COc1ccc(C(=O)Nc2ccc3oc(-c4cccc5ccccc45)nc3c2)cc1OC. The van der Waals surface area contributed by atoms with E-state index >= 15 is 0 Å². The molecule has 6 nitrogen and oxygen atoms in total. The molecule has 0 aliphatic rings. The van der Waals surface area contributed by atoms with Crippen LogP contribution in [-0.2, 0) is 0 Å². The van der Waals surface area contributed by atoms with E-state index in [4.69, 9.17) is 13.9 Å². The predicted octanol–water partition coefficient (Wildman–Crippen LogP) is 5.92. The lowest BCUT2D eigenvalue weighted by molar-refractivity contribution is 0.102. The van der Waals surface area contributed by atoms with Crippen molar-refractivity contribution in [1.29, 1.82) is 0 Å². The van der Waals surface area contributed by atoms with Crippen LogP contribution in [0.4, 0.5) is 5.69 Å². The third-order valence-electron chi connectivity index (χ3n) is 5.31. The van der Waals surface area contributed by atoms with E-state index in [9.17, 15) is 4.79 Å². The minimum atomic E-state index is -0.261. The first kappa shape index (κ1) is 19.6. The van der Waals surface area contributed by atoms with E-state index in [1.807, 2.05) is 30.3 Å². The van der Waals surface area contributed by atoms with Crippen molar-refractivity contribution >= 4 is 33.5 Å². The number of rotatable bonds is 5. The molecule has 6 heteroatoms. The molecule has 4 aromatic carbocycles. The fourth-order valence-electron chi connectivity index (χ4n) is 3.71. The second-order valence-corrected chi connectivity index (χ2v) is 7.25. The summed E-state index contributed by atoms with van der Waals surface area (Å²) in [6, 6.07) is 24.6. The molecule has 158 valence electrons. The van der Waals surface area contributed by atoms with Gasteiger partial charge in [0, 0.05) is 16.8 Å². The molecular weight excluding hydrogens is 404 g/mol. The van der Waals surface area contributed by atoms with Gasteiger partial charge in [-0.05, 0) is 53.2 Å². The maximum atomic E-state index is 12.7. The van der Waals surface area contributed by atoms with Crippen LogP contribution in [0.15, 0.2) is 83.3 Å². The molecular formula is C26H20N2O4. The molecule has 0 radical (unpaired) electrons. The summed E-state index contributed by atoms with van der Waals surface area (Å²) in [7, 11) is 3.09. The second kappa shape index (κ2) is 8.07. The highest BCUT2D eigenvalue weighted by atomic mass is 16.5. The lowest BCUT2D eigenvalue weighted by Crippen LogP contribution is -2.12. The fourth-order valence-corrected chi connectivity index (χ4v) is 3.71. The zero-order valence-corrected chi connectivity index (χ0v) is 17.6. The van der Waals surface area contributed by atoms with Gasteiger partial charge >= 0.3 is 0 Å². The van der Waals surface area contributed by atoms with Crippen LogP contribution in [0.25, 0.3) is 33.3 Å². The smallest absolute Gasteiger partial charge is 0.255 e. The van der Waals surface area contributed by atoms with Gasteiger partial charge in [-0.1, -0.05) is 36.4 Å². The van der Waals surface area contributed by atoms with Crippen LogP contribution in [0.1, 0.15) is 10.4 Å². The van der Waals surface area contributed by atoms with Crippen molar-refractivity contribution in [3.8, 4) is 23.0 Å². The number of nitrogens with zero attached hydrogens (tertiary/aromatic N) is 1. The molecule has 0 fully saturated rings. The average Bonchev–Trinajstić information content (AvgIpc) is 3.26. The van der Waals surface area contributed by atoms with Gasteiger partial charge < -0.3 is 19.2 Å².